The van der Waals surface area contributed by atoms with E-state index in [1.54, 1.807) is 0 Å². The first-order chi connectivity index (χ1) is 35.2. The summed E-state index contributed by atoms with van der Waals surface area (Å²) < 4.78 is 11.6. The van der Waals surface area contributed by atoms with Gasteiger partial charge in [-0.1, -0.05) is 180 Å². The number of carbonyl (C=O) groups is 4. The van der Waals surface area contributed by atoms with Crippen LogP contribution in [0.5, 0.6) is 0 Å². The minimum atomic E-state index is -0.676. The van der Waals surface area contributed by atoms with Crippen molar-refractivity contribution in [2.45, 2.75) is 284 Å². The van der Waals surface area contributed by atoms with Crippen LogP contribution < -0.4 is 10.6 Å². The molecule has 11 nitrogen and oxygen atoms in total. The lowest BCUT2D eigenvalue weighted by atomic mass is 10.0. The van der Waals surface area contributed by atoms with E-state index in [2.05, 4.69) is 41.3 Å². The van der Waals surface area contributed by atoms with Crippen molar-refractivity contribution in [2.75, 3.05) is 32.8 Å². The molecule has 0 spiro atoms. The second-order valence-electron chi connectivity index (χ2n) is 21.2. The molecule has 0 aliphatic carbocycles. The molecule has 72 heavy (non-hydrogen) atoms. The number of fused-ring (bicyclic) bond motifs is 1. The summed E-state index contributed by atoms with van der Waals surface area (Å²) in [7, 11) is 0. The quantitative estimate of drug-likeness (QED) is 0.0378. The topological polar surface area (TPSA) is 150 Å². The summed E-state index contributed by atoms with van der Waals surface area (Å²) in [4.78, 5) is 56.3. The molecule has 0 saturated heterocycles. The first kappa shape index (κ1) is 64.7. The predicted molar refractivity (Wildman–Crippen MR) is 299 cm³/mol. The summed E-state index contributed by atoms with van der Waals surface area (Å²) in [5, 5.41) is 18.1. The Morgan fingerprint density at radius 2 is 1.10 bits per heavy atom. The Kier molecular flexibility index (Phi) is 40.4. The van der Waals surface area contributed by atoms with E-state index in [-0.39, 0.29) is 29.9 Å². The molecule has 1 unspecified atom stereocenters. The van der Waals surface area contributed by atoms with Gasteiger partial charge in [0.15, 0.2) is 0 Å². The zero-order chi connectivity index (χ0) is 52.1. The Hall–Kier alpha value is -3.44. The lowest BCUT2D eigenvalue weighted by Crippen LogP contribution is -2.47. The lowest BCUT2D eigenvalue weighted by Gasteiger charge is -2.25. The van der Waals surface area contributed by atoms with E-state index < -0.39 is 12.1 Å². The second-order valence-corrected chi connectivity index (χ2v) is 21.2. The average molecular weight is 1010 g/mol. The SMILES string of the molecule is CCCCCCCCCCCOC(=O)CCCCCN(CCCCCCCC(=O)OC(CCCCCCCC)CCCCCCCC)CC(O)CCCCNC(=O)[C@H](Cc1c[nH]c2ccccc12)NC(C)=O. The van der Waals surface area contributed by atoms with Crippen molar-refractivity contribution in [2.24, 2.45) is 0 Å². The van der Waals surface area contributed by atoms with Gasteiger partial charge in [0.2, 0.25) is 11.8 Å². The highest BCUT2D eigenvalue weighted by atomic mass is 16.5. The van der Waals surface area contributed by atoms with Gasteiger partial charge in [0, 0.05) is 56.4 Å². The third-order valence-electron chi connectivity index (χ3n) is 14.3. The van der Waals surface area contributed by atoms with Gasteiger partial charge in [-0.2, -0.15) is 0 Å². The highest BCUT2D eigenvalue weighted by Crippen LogP contribution is 2.21. The number of aromatic amines is 1. The van der Waals surface area contributed by atoms with Crippen LogP contribution in [0, 0.1) is 0 Å². The molecule has 0 aliphatic heterocycles. The number of aliphatic hydroxyl groups is 1. The molecular formula is C61H108N4O7. The van der Waals surface area contributed by atoms with Crippen LogP contribution >= 0.6 is 0 Å². The van der Waals surface area contributed by atoms with Gasteiger partial charge in [0.05, 0.1) is 12.7 Å². The molecule has 11 heteroatoms. The molecule has 2 amide bonds. The Morgan fingerprint density at radius 3 is 1.69 bits per heavy atom. The average Bonchev–Trinajstić information content (AvgIpc) is 3.77. The highest BCUT2D eigenvalue weighted by molar-refractivity contribution is 5.89. The van der Waals surface area contributed by atoms with Crippen molar-refractivity contribution in [3.8, 4) is 0 Å². The largest absolute Gasteiger partial charge is 0.466 e. The van der Waals surface area contributed by atoms with Crippen molar-refractivity contribution in [1.82, 2.24) is 20.5 Å². The second kappa shape index (κ2) is 45.0. The maximum Gasteiger partial charge on any atom is 0.306 e. The third-order valence-corrected chi connectivity index (χ3v) is 14.3. The molecule has 0 fully saturated rings. The van der Waals surface area contributed by atoms with E-state index >= 15 is 0 Å². The van der Waals surface area contributed by atoms with Crippen LogP contribution in [-0.2, 0) is 35.1 Å². The number of hydrogen-bond acceptors (Lipinski definition) is 8. The van der Waals surface area contributed by atoms with Gasteiger partial charge in [-0.3, -0.25) is 19.2 Å². The Labute approximate surface area is 439 Å². The number of benzene rings is 1. The Balaban J connectivity index is 1.77. The molecule has 4 N–H and O–H groups in total. The Morgan fingerprint density at radius 1 is 0.597 bits per heavy atom. The van der Waals surface area contributed by atoms with Gasteiger partial charge >= 0.3 is 11.9 Å². The van der Waals surface area contributed by atoms with Gasteiger partial charge in [-0.15, -0.1) is 0 Å². The molecule has 0 radical (unpaired) electrons. The normalized spacial score (nSPS) is 12.4. The van der Waals surface area contributed by atoms with Crippen LogP contribution in [0.15, 0.2) is 30.5 Å². The van der Waals surface area contributed by atoms with Crippen LogP contribution in [-0.4, -0.2) is 89.8 Å². The van der Waals surface area contributed by atoms with Gasteiger partial charge in [-0.25, -0.2) is 0 Å². The summed E-state index contributed by atoms with van der Waals surface area (Å²) in [6.45, 7) is 11.5. The van der Waals surface area contributed by atoms with Crippen LogP contribution in [0.3, 0.4) is 0 Å². The fourth-order valence-corrected chi connectivity index (χ4v) is 9.90. The van der Waals surface area contributed by atoms with Gasteiger partial charge in [-0.05, 0) is 102 Å². The van der Waals surface area contributed by atoms with Crippen molar-refractivity contribution in [1.29, 1.82) is 0 Å². The number of aliphatic hydroxyl groups excluding tert-OH is 1. The molecule has 0 saturated carbocycles. The maximum atomic E-state index is 13.2. The minimum absolute atomic E-state index is 0.0257. The molecule has 1 aromatic heterocycles. The van der Waals surface area contributed by atoms with Crippen LogP contribution in [0.4, 0.5) is 0 Å². The molecule has 414 valence electrons. The van der Waals surface area contributed by atoms with E-state index in [9.17, 15) is 24.3 Å². The molecule has 2 aromatic rings. The molecule has 2 rings (SSSR count). The Bertz CT molecular complexity index is 1620. The molecular weight excluding hydrogens is 901 g/mol. The number of hydrogen-bond donors (Lipinski definition) is 4. The summed E-state index contributed by atoms with van der Waals surface area (Å²) in [5.41, 5.74) is 1.97. The van der Waals surface area contributed by atoms with E-state index in [0.717, 1.165) is 132 Å². The number of esters is 2. The summed E-state index contributed by atoms with van der Waals surface area (Å²) in [6.07, 6.45) is 41.0. The maximum absolute atomic E-state index is 13.2. The van der Waals surface area contributed by atoms with Crippen molar-refractivity contribution >= 4 is 34.7 Å². The highest BCUT2D eigenvalue weighted by Gasteiger charge is 2.22. The van der Waals surface area contributed by atoms with E-state index in [1.807, 2.05) is 30.5 Å². The number of rotatable bonds is 50. The van der Waals surface area contributed by atoms with Crippen LogP contribution in [0.2, 0.25) is 0 Å². The fourth-order valence-electron chi connectivity index (χ4n) is 9.90. The van der Waals surface area contributed by atoms with Crippen LogP contribution in [0.1, 0.15) is 264 Å². The van der Waals surface area contributed by atoms with Crippen LogP contribution in [0.25, 0.3) is 10.9 Å². The number of nitrogens with zero attached hydrogens (tertiary/aromatic N) is 1. The first-order valence-electron chi connectivity index (χ1n) is 30.0. The molecule has 2 atom stereocenters. The van der Waals surface area contributed by atoms with Crippen molar-refractivity contribution in [3.63, 3.8) is 0 Å². The summed E-state index contributed by atoms with van der Waals surface area (Å²) in [5.74, 6) is -0.571. The minimum Gasteiger partial charge on any atom is -0.466 e. The number of unbranched alkanes of at least 4 members (excludes halogenated alkanes) is 25. The van der Waals surface area contributed by atoms with Gasteiger partial charge in [0.1, 0.15) is 12.1 Å². The van der Waals surface area contributed by atoms with E-state index in [0.29, 0.717) is 45.4 Å². The summed E-state index contributed by atoms with van der Waals surface area (Å²) in [6, 6.07) is 7.26. The standard InChI is InChI=1S/C61H108N4O7/c1-5-8-11-14-17-18-19-25-37-48-71-59(68)43-30-26-36-47-65(46-35-24-20-23-29-44-60(69)72-55(39-27-21-15-12-9-6-2)40-28-22-16-13-10-7-3)51-54(67)38-33-34-45-62-61(70)58(64-52(4)66)49-53-50-63-57-42-32-31-41-56(53)57/h31-32,41-42,50,54-55,58,63,67H,5-30,33-40,43-49,51H2,1-4H3,(H,62,70)(H,64,66)/t54?,58-/m0/s1. The van der Waals surface area contributed by atoms with E-state index in [1.165, 1.54) is 116 Å². The third kappa shape index (κ3) is 34.9. The number of para-hydroxylation sites is 1. The number of amides is 2. The van der Waals surface area contributed by atoms with Crippen molar-refractivity contribution in [3.05, 3.63) is 36.0 Å². The zero-order valence-electron chi connectivity index (χ0n) is 46.7. The number of carbonyl (C=O) groups excluding carboxylic acids is 4. The number of ether oxygens (including phenoxy) is 2. The predicted octanol–water partition coefficient (Wildman–Crippen LogP) is 14.6. The lowest BCUT2D eigenvalue weighted by molar-refractivity contribution is -0.150. The zero-order valence-corrected chi connectivity index (χ0v) is 46.7. The van der Waals surface area contributed by atoms with Crippen molar-refractivity contribution < 1.29 is 33.8 Å². The molecule has 1 aromatic carbocycles. The number of H-pyrrole nitrogens is 1. The molecule has 1 heterocycles. The van der Waals surface area contributed by atoms with E-state index in [4.69, 9.17) is 9.47 Å². The number of nitrogens with one attached hydrogen (secondary N) is 3. The fraction of sp³-hybridized carbons (Fsp3) is 0.803. The number of aromatic nitrogens is 1. The molecule has 0 bridgehead atoms. The first-order valence-corrected chi connectivity index (χ1v) is 30.0. The van der Waals surface area contributed by atoms with Gasteiger partial charge < -0.3 is 35.1 Å². The van der Waals surface area contributed by atoms with Gasteiger partial charge in [0.25, 0.3) is 0 Å². The smallest absolute Gasteiger partial charge is 0.306 e. The molecule has 0 aliphatic rings. The summed E-state index contributed by atoms with van der Waals surface area (Å²) >= 11 is 0. The monoisotopic (exact) mass is 1010 g/mol.